The Balaban J connectivity index is 2.00. The molecule has 0 unspecified atom stereocenters. The molecule has 0 fully saturated rings. The number of para-hydroxylation sites is 1. The average Bonchev–Trinajstić information content (AvgIpc) is 3.19. The summed E-state index contributed by atoms with van der Waals surface area (Å²) in [5.74, 6) is -0.0983. The Kier molecular flexibility index (Phi) is 5.38. The molecular formula is C19H25N5OS. The summed E-state index contributed by atoms with van der Waals surface area (Å²) in [6.07, 6.45) is 0. The van der Waals surface area contributed by atoms with Gasteiger partial charge in [0.05, 0.1) is 10.2 Å². The van der Waals surface area contributed by atoms with Crippen molar-refractivity contribution in [2.45, 2.75) is 27.3 Å². The lowest BCUT2D eigenvalue weighted by molar-refractivity contribution is 0.0979. The SMILES string of the molecule is CCn1nc(C(=O)N(CCN(C)C)c2nc3c(C)cccc3s2)cc1C. The van der Waals surface area contributed by atoms with E-state index in [1.54, 1.807) is 16.2 Å². The Morgan fingerprint density at radius 2 is 2.00 bits per heavy atom. The quantitative estimate of drug-likeness (QED) is 0.667. The van der Waals surface area contributed by atoms with E-state index in [0.717, 1.165) is 39.7 Å². The van der Waals surface area contributed by atoms with Gasteiger partial charge in [0, 0.05) is 25.3 Å². The van der Waals surface area contributed by atoms with E-state index >= 15 is 0 Å². The summed E-state index contributed by atoms with van der Waals surface area (Å²) >= 11 is 1.55. The predicted octanol–water partition coefficient (Wildman–Crippen LogP) is 3.34. The second kappa shape index (κ2) is 7.55. The molecule has 7 heteroatoms. The predicted molar refractivity (Wildman–Crippen MR) is 107 cm³/mol. The molecule has 2 heterocycles. The van der Waals surface area contributed by atoms with Crippen molar-refractivity contribution in [1.82, 2.24) is 19.7 Å². The van der Waals surface area contributed by atoms with E-state index in [-0.39, 0.29) is 5.91 Å². The first-order valence-electron chi connectivity index (χ1n) is 8.78. The minimum Gasteiger partial charge on any atom is -0.308 e. The molecule has 0 bridgehead atoms. The number of aryl methyl sites for hydroxylation is 3. The van der Waals surface area contributed by atoms with Gasteiger partial charge in [0.25, 0.3) is 5.91 Å². The number of hydrogen-bond donors (Lipinski definition) is 0. The molecule has 0 aliphatic carbocycles. The molecule has 6 nitrogen and oxygen atoms in total. The van der Waals surface area contributed by atoms with Gasteiger partial charge in [0.1, 0.15) is 0 Å². The van der Waals surface area contributed by atoms with E-state index in [9.17, 15) is 4.79 Å². The van der Waals surface area contributed by atoms with Gasteiger partial charge in [0.2, 0.25) is 0 Å². The maximum Gasteiger partial charge on any atom is 0.280 e. The highest BCUT2D eigenvalue weighted by atomic mass is 32.1. The van der Waals surface area contributed by atoms with Crippen LogP contribution < -0.4 is 4.90 Å². The van der Waals surface area contributed by atoms with E-state index in [0.29, 0.717) is 12.2 Å². The van der Waals surface area contributed by atoms with Crippen LogP contribution >= 0.6 is 11.3 Å². The molecule has 26 heavy (non-hydrogen) atoms. The summed E-state index contributed by atoms with van der Waals surface area (Å²) in [5.41, 5.74) is 3.55. The van der Waals surface area contributed by atoms with Crippen LogP contribution in [0.4, 0.5) is 5.13 Å². The average molecular weight is 372 g/mol. The molecule has 2 aromatic heterocycles. The Bertz CT molecular complexity index is 927. The molecule has 0 saturated heterocycles. The number of likely N-dealkylation sites (N-methyl/N-ethyl adjacent to an activating group) is 1. The topological polar surface area (TPSA) is 54.3 Å². The maximum atomic E-state index is 13.2. The van der Waals surface area contributed by atoms with Gasteiger partial charge in [-0.05, 0) is 52.6 Å². The van der Waals surface area contributed by atoms with Crippen molar-refractivity contribution in [2.24, 2.45) is 0 Å². The number of benzene rings is 1. The number of aromatic nitrogens is 3. The molecule has 0 saturated carbocycles. The zero-order valence-electron chi connectivity index (χ0n) is 16.0. The number of nitrogens with zero attached hydrogens (tertiary/aromatic N) is 5. The lowest BCUT2D eigenvalue weighted by atomic mass is 10.2. The Hall–Kier alpha value is -2.25. The van der Waals surface area contributed by atoms with Crippen molar-refractivity contribution in [3.63, 3.8) is 0 Å². The molecule has 0 spiro atoms. The largest absolute Gasteiger partial charge is 0.308 e. The summed E-state index contributed by atoms with van der Waals surface area (Å²) in [6, 6.07) is 7.98. The van der Waals surface area contributed by atoms with Crippen LogP contribution in [0.25, 0.3) is 10.2 Å². The third kappa shape index (κ3) is 3.64. The molecule has 0 N–H and O–H groups in total. The number of carbonyl (C=O) groups excluding carboxylic acids is 1. The molecule has 0 radical (unpaired) electrons. The summed E-state index contributed by atoms with van der Waals surface area (Å²) in [5, 5.41) is 5.19. The van der Waals surface area contributed by atoms with Crippen molar-refractivity contribution in [3.05, 3.63) is 41.2 Å². The van der Waals surface area contributed by atoms with Crippen molar-refractivity contribution < 1.29 is 4.79 Å². The van der Waals surface area contributed by atoms with Gasteiger partial charge in [-0.1, -0.05) is 23.5 Å². The molecule has 3 aromatic rings. The van der Waals surface area contributed by atoms with Crippen molar-refractivity contribution in [3.8, 4) is 0 Å². The molecule has 0 aliphatic heterocycles. The second-order valence-corrected chi connectivity index (χ2v) is 7.67. The number of fused-ring (bicyclic) bond motifs is 1. The fraction of sp³-hybridized carbons (Fsp3) is 0.421. The highest BCUT2D eigenvalue weighted by molar-refractivity contribution is 7.22. The molecule has 1 amide bonds. The number of hydrogen-bond acceptors (Lipinski definition) is 5. The summed E-state index contributed by atoms with van der Waals surface area (Å²) < 4.78 is 2.94. The summed E-state index contributed by atoms with van der Waals surface area (Å²) in [4.78, 5) is 21.8. The highest BCUT2D eigenvalue weighted by Gasteiger charge is 2.24. The maximum absolute atomic E-state index is 13.2. The Labute approximate surface area is 158 Å². The Morgan fingerprint density at radius 3 is 2.62 bits per heavy atom. The van der Waals surface area contributed by atoms with Gasteiger partial charge in [-0.25, -0.2) is 4.98 Å². The van der Waals surface area contributed by atoms with Crippen LogP contribution in [0.15, 0.2) is 24.3 Å². The first kappa shape index (κ1) is 18.5. The monoisotopic (exact) mass is 371 g/mol. The van der Waals surface area contributed by atoms with E-state index in [1.807, 2.05) is 63.8 Å². The van der Waals surface area contributed by atoms with Crippen LogP contribution in [0.5, 0.6) is 0 Å². The van der Waals surface area contributed by atoms with Crippen LogP contribution in [-0.4, -0.2) is 52.8 Å². The van der Waals surface area contributed by atoms with Gasteiger partial charge < -0.3 is 4.90 Å². The number of amides is 1. The third-order valence-electron chi connectivity index (χ3n) is 4.36. The smallest absolute Gasteiger partial charge is 0.280 e. The van der Waals surface area contributed by atoms with Crippen molar-refractivity contribution in [2.75, 3.05) is 32.1 Å². The fourth-order valence-electron chi connectivity index (χ4n) is 2.85. The van der Waals surface area contributed by atoms with Gasteiger partial charge in [0.15, 0.2) is 10.8 Å². The van der Waals surface area contributed by atoms with Crippen LogP contribution in [0.2, 0.25) is 0 Å². The third-order valence-corrected chi connectivity index (χ3v) is 5.40. The van der Waals surface area contributed by atoms with E-state index in [2.05, 4.69) is 10.00 Å². The second-order valence-electron chi connectivity index (χ2n) is 6.66. The van der Waals surface area contributed by atoms with E-state index < -0.39 is 0 Å². The standard InChI is InChI=1S/C19H25N5OS/c1-6-24-14(3)12-15(21-24)18(25)23(11-10-22(4)5)19-20-17-13(2)8-7-9-16(17)26-19/h7-9,12H,6,10-11H2,1-5H3. The molecule has 1 aromatic carbocycles. The van der Waals surface area contributed by atoms with Crippen molar-refractivity contribution in [1.29, 1.82) is 0 Å². The minimum atomic E-state index is -0.0983. The van der Waals surface area contributed by atoms with Crippen LogP contribution in [0.1, 0.15) is 28.7 Å². The van der Waals surface area contributed by atoms with Crippen LogP contribution in [0.3, 0.4) is 0 Å². The first-order valence-corrected chi connectivity index (χ1v) is 9.59. The summed E-state index contributed by atoms with van der Waals surface area (Å²) in [6.45, 7) is 8.12. The highest BCUT2D eigenvalue weighted by Crippen LogP contribution is 2.31. The number of rotatable bonds is 6. The van der Waals surface area contributed by atoms with Gasteiger partial charge in [-0.3, -0.25) is 14.4 Å². The number of thiazole rings is 1. The normalized spacial score (nSPS) is 11.5. The van der Waals surface area contributed by atoms with Crippen LogP contribution in [-0.2, 0) is 6.54 Å². The lowest BCUT2D eigenvalue weighted by Gasteiger charge is -2.21. The van der Waals surface area contributed by atoms with Gasteiger partial charge >= 0.3 is 0 Å². The molecule has 138 valence electrons. The zero-order valence-corrected chi connectivity index (χ0v) is 16.8. The first-order chi connectivity index (χ1) is 12.4. The number of carbonyl (C=O) groups is 1. The summed E-state index contributed by atoms with van der Waals surface area (Å²) in [7, 11) is 4.00. The number of anilines is 1. The fourth-order valence-corrected chi connectivity index (χ4v) is 3.91. The molecule has 3 rings (SSSR count). The van der Waals surface area contributed by atoms with Gasteiger partial charge in [-0.2, -0.15) is 5.10 Å². The van der Waals surface area contributed by atoms with E-state index in [4.69, 9.17) is 4.98 Å². The van der Waals surface area contributed by atoms with Crippen LogP contribution in [0, 0.1) is 13.8 Å². The minimum absolute atomic E-state index is 0.0983. The molecule has 0 aliphatic rings. The molecule has 0 atom stereocenters. The Morgan fingerprint density at radius 1 is 1.23 bits per heavy atom. The van der Waals surface area contributed by atoms with Gasteiger partial charge in [-0.15, -0.1) is 0 Å². The van der Waals surface area contributed by atoms with E-state index in [1.165, 1.54) is 0 Å². The lowest BCUT2D eigenvalue weighted by Crippen LogP contribution is -2.37. The molecular weight excluding hydrogens is 346 g/mol. The van der Waals surface area contributed by atoms with Crippen molar-refractivity contribution >= 4 is 32.6 Å². The zero-order chi connectivity index (χ0) is 18.8.